The van der Waals surface area contributed by atoms with Crippen molar-refractivity contribution in [1.29, 1.82) is 0 Å². The van der Waals surface area contributed by atoms with Crippen LogP contribution in [-0.4, -0.2) is 16.7 Å². The lowest BCUT2D eigenvalue weighted by atomic mass is 10.1. The SMILES string of the molecule is N[C@H](CO)c1c[nH]c2cc(Cl)ccc12. The van der Waals surface area contributed by atoms with Gasteiger partial charge in [-0.1, -0.05) is 17.7 Å². The van der Waals surface area contributed by atoms with Crippen LogP contribution in [0.4, 0.5) is 0 Å². The van der Waals surface area contributed by atoms with Gasteiger partial charge in [-0.2, -0.15) is 0 Å². The Morgan fingerprint density at radius 1 is 1.50 bits per heavy atom. The third-order valence-electron chi connectivity index (χ3n) is 2.27. The van der Waals surface area contributed by atoms with E-state index in [1.54, 1.807) is 0 Å². The topological polar surface area (TPSA) is 62.0 Å². The second kappa shape index (κ2) is 3.61. The number of aromatic amines is 1. The van der Waals surface area contributed by atoms with Crippen LogP contribution in [0.5, 0.6) is 0 Å². The number of nitrogens with one attached hydrogen (secondary N) is 1. The highest BCUT2D eigenvalue weighted by Gasteiger charge is 2.10. The second-order valence-electron chi connectivity index (χ2n) is 3.22. The molecule has 2 rings (SSSR count). The van der Waals surface area contributed by atoms with Gasteiger partial charge in [0.05, 0.1) is 12.6 Å². The summed E-state index contributed by atoms with van der Waals surface area (Å²) < 4.78 is 0. The fraction of sp³-hybridized carbons (Fsp3) is 0.200. The number of hydrogen-bond donors (Lipinski definition) is 3. The summed E-state index contributed by atoms with van der Waals surface area (Å²) in [5, 5.41) is 10.6. The number of aliphatic hydroxyl groups excluding tert-OH is 1. The molecule has 0 aliphatic carbocycles. The van der Waals surface area contributed by atoms with Crippen molar-refractivity contribution in [1.82, 2.24) is 4.98 Å². The second-order valence-corrected chi connectivity index (χ2v) is 3.66. The molecule has 0 amide bonds. The zero-order chi connectivity index (χ0) is 10.1. The van der Waals surface area contributed by atoms with E-state index in [2.05, 4.69) is 4.98 Å². The molecule has 0 radical (unpaired) electrons. The Labute approximate surface area is 86.5 Å². The van der Waals surface area contributed by atoms with E-state index in [4.69, 9.17) is 22.4 Å². The molecule has 0 aliphatic rings. The van der Waals surface area contributed by atoms with Gasteiger partial charge < -0.3 is 15.8 Å². The zero-order valence-electron chi connectivity index (χ0n) is 7.50. The van der Waals surface area contributed by atoms with Crippen molar-refractivity contribution in [2.75, 3.05) is 6.61 Å². The molecule has 0 bridgehead atoms. The minimum Gasteiger partial charge on any atom is -0.394 e. The minimum atomic E-state index is -0.343. The molecule has 1 aromatic carbocycles. The maximum Gasteiger partial charge on any atom is 0.0625 e. The number of halogens is 1. The Bertz CT molecular complexity index is 452. The number of nitrogens with two attached hydrogens (primary N) is 1. The predicted molar refractivity (Wildman–Crippen MR) is 57.3 cm³/mol. The van der Waals surface area contributed by atoms with Gasteiger partial charge in [0.1, 0.15) is 0 Å². The van der Waals surface area contributed by atoms with Crippen molar-refractivity contribution in [2.45, 2.75) is 6.04 Å². The van der Waals surface area contributed by atoms with Crippen molar-refractivity contribution < 1.29 is 5.11 Å². The quantitative estimate of drug-likeness (QED) is 0.708. The Balaban J connectivity index is 2.58. The first-order valence-corrected chi connectivity index (χ1v) is 4.73. The number of aromatic nitrogens is 1. The molecule has 3 nitrogen and oxygen atoms in total. The normalized spacial score (nSPS) is 13.4. The van der Waals surface area contributed by atoms with Crippen LogP contribution < -0.4 is 5.73 Å². The molecule has 14 heavy (non-hydrogen) atoms. The zero-order valence-corrected chi connectivity index (χ0v) is 8.25. The first-order chi connectivity index (χ1) is 6.72. The molecule has 0 saturated heterocycles. The van der Waals surface area contributed by atoms with Gasteiger partial charge in [-0.3, -0.25) is 0 Å². The van der Waals surface area contributed by atoms with E-state index in [0.29, 0.717) is 5.02 Å². The minimum absolute atomic E-state index is 0.0599. The van der Waals surface area contributed by atoms with Crippen LogP contribution in [0.15, 0.2) is 24.4 Å². The first-order valence-electron chi connectivity index (χ1n) is 4.35. The van der Waals surface area contributed by atoms with Gasteiger partial charge in [0.2, 0.25) is 0 Å². The molecule has 74 valence electrons. The molecule has 2 aromatic rings. The van der Waals surface area contributed by atoms with Crippen LogP contribution in [0.2, 0.25) is 5.02 Å². The number of aliphatic hydroxyl groups is 1. The number of benzene rings is 1. The summed E-state index contributed by atoms with van der Waals surface area (Å²) in [5.41, 5.74) is 7.60. The van der Waals surface area contributed by atoms with E-state index in [1.165, 1.54) is 0 Å². The maximum absolute atomic E-state index is 8.96. The molecular formula is C10H11ClN2O. The van der Waals surface area contributed by atoms with Crippen LogP contribution in [0.1, 0.15) is 11.6 Å². The highest BCUT2D eigenvalue weighted by atomic mass is 35.5. The van der Waals surface area contributed by atoms with E-state index in [9.17, 15) is 0 Å². The lowest BCUT2D eigenvalue weighted by Crippen LogP contribution is -2.13. The Morgan fingerprint density at radius 3 is 3.00 bits per heavy atom. The molecule has 4 N–H and O–H groups in total. The van der Waals surface area contributed by atoms with E-state index in [0.717, 1.165) is 16.5 Å². The van der Waals surface area contributed by atoms with Gasteiger partial charge in [0, 0.05) is 22.1 Å². The van der Waals surface area contributed by atoms with Gasteiger partial charge in [-0.25, -0.2) is 0 Å². The third-order valence-corrected chi connectivity index (χ3v) is 2.51. The predicted octanol–water partition coefficient (Wildman–Crippen LogP) is 1.81. The van der Waals surface area contributed by atoms with Crippen LogP contribution in [0, 0.1) is 0 Å². The summed E-state index contributed by atoms with van der Waals surface area (Å²) in [7, 11) is 0. The molecule has 1 aromatic heterocycles. The fourth-order valence-corrected chi connectivity index (χ4v) is 1.70. The first kappa shape index (κ1) is 9.52. The lowest BCUT2D eigenvalue weighted by molar-refractivity contribution is 0.268. The van der Waals surface area contributed by atoms with Gasteiger partial charge >= 0.3 is 0 Å². The number of hydrogen-bond acceptors (Lipinski definition) is 2. The smallest absolute Gasteiger partial charge is 0.0625 e. The number of H-pyrrole nitrogens is 1. The van der Waals surface area contributed by atoms with Crippen molar-refractivity contribution in [3.8, 4) is 0 Å². The Morgan fingerprint density at radius 2 is 2.29 bits per heavy atom. The van der Waals surface area contributed by atoms with Gasteiger partial charge in [-0.15, -0.1) is 0 Å². The molecule has 0 saturated carbocycles. The van der Waals surface area contributed by atoms with Crippen molar-refractivity contribution in [3.63, 3.8) is 0 Å². The molecule has 0 spiro atoms. The third kappa shape index (κ3) is 1.50. The van der Waals surface area contributed by atoms with Crippen LogP contribution >= 0.6 is 11.6 Å². The van der Waals surface area contributed by atoms with Crippen LogP contribution in [0.25, 0.3) is 10.9 Å². The van der Waals surface area contributed by atoms with Gasteiger partial charge in [-0.05, 0) is 17.7 Å². The summed E-state index contributed by atoms with van der Waals surface area (Å²) >= 11 is 5.84. The molecular weight excluding hydrogens is 200 g/mol. The van der Waals surface area contributed by atoms with Crippen LogP contribution in [0.3, 0.4) is 0 Å². The van der Waals surface area contributed by atoms with Crippen molar-refractivity contribution in [3.05, 3.63) is 35.0 Å². The lowest BCUT2D eigenvalue weighted by Gasteiger charge is -2.05. The average molecular weight is 211 g/mol. The van der Waals surface area contributed by atoms with Crippen LogP contribution in [-0.2, 0) is 0 Å². The van der Waals surface area contributed by atoms with Crippen molar-refractivity contribution >= 4 is 22.5 Å². The summed E-state index contributed by atoms with van der Waals surface area (Å²) in [5.74, 6) is 0. The number of rotatable bonds is 2. The van der Waals surface area contributed by atoms with E-state index in [-0.39, 0.29) is 12.6 Å². The van der Waals surface area contributed by atoms with Crippen molar-refractivity contribution in [2.24, 2.45) is 5.73 Å². The van der Waals surface area contributed by atoms with Gasteiger partial charge in [0.25, 0.3) is 0 Å². The monoisotopic (exact) mass is 210 g/mol. The molecule has 0 unspecified atom stereocenters. The Kier molecular flexibility index (Phi) is 2.46. The highest BCUT2D eigenvalue weighted by molar-refractivity contribution is 6.31. The number of fused-ring (bicyclic) bond motifs is 1. The highest BCUT2D eigenvalue weighted by Crippen LogP contribution is 2.25. The standard InChI is InChI=1S/C10H11ClN2O/c11-6-1-2-7-8(9(12)5-14)4-13-10(7)3-6/h1-4,9,13-14H,5,12H2/t9-/m1/s1. The molecule has 0 aliphatic heterocycles. The average Bonchev–Trinajstić information content (AvgIpc) is 2.59. The summed E-state index contributed by atoms with van der Waals surface area (Å²) in [6, 6.07) is 5.21. The van der Waals surface area contributed by atoms with E-state index >= 15 is 0 Å². The molecule has 1 heterocycles. The largest absolute Gasteiger partial charge is 0.394 e. The summed E-state index contributed by atoms with van der Waals surface area (Å²) in [4.78, 5) is 3.07. The Hall–Kier alpha value is -1.03. The maximum atomic E-state index is 8.96. The molecule has 0 fully saturated rings. The van der Waals surface area contributed by atoms with E-state index in [1.807, 2.05) is 24.4 Å². The molecule has 4 heteroatoms. The fourth-order valence-electron chi connectivity index (χ4n) is 1.53. The summed E-state index contributed by atoms with van der Waals surface area (Å²) in [6.07, 6.45) is 1.81. The van der Waals surface area contributed by atoms with E-state index < -0.39 is 0 Å². The summed E-state index contributed by atoms with van der Waals surface area (Å²) in [6.45, 7) is -0.0599. The molecule has 1 atom stereocenters. The van der Waals surface area contributed by atoms with Gasteiger partial charge in [0.15, 0.2) is 0 Å².